The van der Waals surface area contributed by atoms with Crippen molar-refractivity contribution >= 4 is 17.6 Å². The number of esters is 1. The second-order valence-corrected chi connectivity index (χ2v) is 5.93. The Morgan fingerprint density at radius 1 is 1.00 bits per heavy atom. The number of carbonyl (C=O) groups excluding carboxylic acids is 2. The van der Waals surface area contributed by atoms with Crippen molar-refractivity contribution in [3.63, 3.8) is 0 Å². The molecule has 0 aromatic heterocycles. The first-order chi connectivity index (χ1) is 14.0. The molecule has 0 bridgehead atoms. The van der Waals surface area contributed by atoms with Crippen LogP contribution in [0.2, 0.25) is 0 Å². The van der Waals surface area contributed by atoms with Gasteiger partial charge in [0.05, 0.1) is 33.0 Å². The number of rotatable bonds is 9. The Hall–Kier alpha value is -3.73. The van der Waals surface area contributed by atoms with Gasteiger partial charge in [-0.05, 0) is 48.4 Å². The standard InChI is InChI=1S/C21H22N2O6/c1-26-17-10-15(11-18(27-2)21(17)28-3)6-9-20(25)29-13-19(24)23-16-7-4-14(12-22)5-8-16/h4-5,7-8,10-11H,6,9,13H2,1-3H3,(H,23,24). The molecule has 0 aliphatic carbocycles. The van der Waals surface area contributed by atoms with E-state index < -0.39 is 18.5 Å². The lowest BCUT2D eigenvalue weighted by atomic mass is 10.1. The summed E-state index contributed by atoms with van der Waals surface area (Å²) in [6.07, 6.45) is 0.468. The molecule has 152 valence electrons. The minimum Gasteiger partial charge on any atom is -0.493 e. The Bertz CT molecular complexity index is 877. The molecule has 0 aliphatic heterocycles. The lowest BCUT2D eigenvalue weighted by Crippen LogP contribution is -2.21. The Labute approximate surface area is 168 Å². The van der Waals surface area contributed by atoms with Crippen LogP contribution in [0.3, 0.4) is 0 Å². The van der Waals surface area contributed by atoms with E-state index in [1.165, 1.54) is 21.3 Å². The van der Waals surface area contributed by atoms with Crippen molar-refractivity contribution < 1.29 is 28.5 Å². The monoisotopic (exact) mass is 398 g/mol. The van der Waals surface area contributed by atoms with Gasteiger partial charge in [0.1, 0.15) is 0 Å². The van der Waals surface area contributed by atoms with Gasteiger partial charge in [-0.25, -0.2) is 0 Å². The van der Waals surface area contributed by atoms with E-state index in [1.807, 2.05) is 6.07 Å². The Balaban J connectivity index is 1.85. The first-order valence-electron chi connectivity index (χ1n) is 8.75. The van der Waals surface area contributed by atoms with Gasteiger partial charge in [-0.3, -0.25) is 9.59 Å². The van der Waals surface area contributed by atoms with E-state index in [4.69, 9.17) is 24.2 Å². The van der Waals surface area contributed by atoms with Gasteiger partial charge >= 0.3 is 5.97 Å². The number of carbonyl (C=O) groups is 2. The average Bonchev–Trinajstić information content (AvgIpc) is 2.75. The summed E-state index contributed by atoms with van der Waals surface area (Å²) in [6, 6.07) is 11.9. The van der Waals surface area contributed by atoms with Crippen LogP contribution >= 0.6 is 0 Å². The molecular formula is C21H22N2O6. The van der Waals surface area contributed by atoms with Crippen molar-refractivity contribution in [3.8, 4) is 23.3 Å². The number of nitrogens with one attached hydrogen (secondary N) is 1. The molecule has 29 heavy (non-hydrogen) atoms. The maximum Gasteiger partial charge on any atom is 0.306 e. The average molecular weight is 398 g/mol. The molecule has 0 aliphatic rings. The third kappa shape index (κ3) is 6.14. The second kappa shape index (κ2) is 10.6. The smallest absolute Gasteiger partial charge is 0.306 e. The van der Waals surface area contributed by atoms with Gasteiger partial charge in [-0.15, -0.1) is 0 Å². The Morgan fingerprint density at radius 3 is 2.14 bits per heavy atom. The fraction of sp³-hybridized carbons (Fsp3) is 0.286. The number of benzene rings is 2. The van der Waals surface area contributed by atoms with E-state index in [1.54, 1.807) is 36.4 Å². The highest BCUT2D eigenvalue weighted by Crippen LogP contribution is 2.38. The number of nitrogens with zero attached hydrogens (tertiary/aromatic N) is 1. The van der Waals surface area contributed by atoms with Crippen molar-refractivity contribution in [2.75, 3.05) is 33.3 Å². The first kappa shape index (κ1) is 21.6. The molecule has 0 unspecified atom stereocenters. The largest absolute Gasteiger partial charge is 0.493 e. The Kier molecular flexibility index (Phi) is 7.86. The maximum absolute atomic E-state index is 12.0. The summed E-state index contributed by atoms with van der Waals surface area (Å²) in [5, 5.41) is 11.4. The highest BCUT2D eigenvalue weighted by atomic mass is 16.5. The Morgan fingerprint density at radius 2 is 1.62 bits per heavy atom. The van der Waals surface area contributed by atoms with Gasteiger partial charge in [-0.2, -0.15) is 5.26 Å². The summed E-state index contributed by atoms with van der Waals surface area (Å²) in [5.74, 6) is 0.499. The van der Waals surface area contributed by atoms with Crippen LogP contribution in [0.4, 0.5) is 5.69 Å². The quantitative estimate of drug-likeness (QED) is 0.647. The summed E-state index contributed by atoms with van der Waals surface area (Å²) in [4.78, 5) is 23.8. The highest BCUT2D eigenvalue weighted by Gasteiger charge is 2.14. The number of aryl methyl sites for hydroxylation is 1. The SMILES string of the molecule is COc1cc(CCC(=O)OCC(=O)Nc2ccc(C#N)cc2)cc(OC)c1OC. The van der Waals surface area contributed by atoms with Gasteiger partial charge in [0.2, 0.25) is 5.75 Å². The van der Waals surface area contributed by atoms with E-state index in [9.17, 15) is 9.59 Å². The van der Waals surface area contributed by atoms with E-state index in [0.29, 0.717) is 34.9 Å². The number of hydrogen-bond donors (Lipinski definition) is 1. The van der Waals surface area contributed by atoms with Gasteiger partial charge in [-0.1, -0.05) is 0 Å². The van der Waals surface area contributed by atoms with Gasteiger partial charge in [0.25, 0.3) is 5.91 Å². The van der Waals surface area contributed by atoms with E-state index in [-0.39, 0.29) is 6.42 Å². The molecule has 2 aromatic carbocycles. The topological polar surface area (TPSA) is 107 Å². The number of methoxy groups -OCH3 is 3. The molecule has 0 saturated carbocycles. The highest BCUT2D eigenvalue weighted by molar-refractivity contribution is 5.92. The zero-order valence-corrected chi connectivity index (χ0v) is 16.5. The maximum atomic E-state index is 12.0. The van der Waals surface area contributed by atoms with Crippen molar-refractivity contribution in [1.29, 1.82) is 5.26 Å². The number of nitriles is 1. The summed E-state index contributed by atoms with van der Waals surface area (Å²) in [5.41, 5.74) is 1.81. The van der Waals surface area contributed by atoms with Crippen molar-refractivity contribution in [2.45, 2.75) is 12.8 Å². The zero-order valence-electron chi connectivity index (χ0n) is 16.5. The summed E-state index contributed by atoms with van der Waals surface area (Å²) in [6.45, 7) is -0.395. The van der Waals surface area contributed by atoms with Crippen LogP contribution in [-0.2, 0) is 20.7 Å². The molecule has 0 spiro atoms. The minimum absolute atomic E-state index is 0.0861. The molecule has 1 amide bonds. The zero-order chi connectivity index (χ0) is 21.2. The molecule has 0 radical (unpaired) electrons. The van der Waals surface area contributed by atoms with Crippen molar-refractivity contribution in [1.82, 2.24) is 0 Å². The molecule has 8 heteroatoms. The van der Waals surface area contributed by atoms with Gasteiger partial charge < -0.3 is 24.3 Å². The summed E-state index contributed by atoms with van der Waals surface area (Å²) < 4.78 is 20.8. The van der Waals surface area contributed by atoms with Crippen molar-refractivity contribution in [2.24, 2.45) is 0 Å². The molecule has 1 N–H and O–H groups in total. The third-order valence-corrected chi connectivity index (χ3v) is 4.00. The summed E-state index contributed by atoms with van der Waals surface area (Å²) >= 11 is 0. The number of ether oxygens (including phenoxy) is 4. The number of amides is 1. The predicted octanol–water partition coefficient (Wildman–Crippen LogP) is 2.70. The fourth-order valence-corrected chi connectivity index (χ4v) is 2.57. The molecular weight excluding hydrogens is 376 g/mol. The van der Waals surface area contributed by atoms with Crippen molar-refractivity contribution in [3.05, 3.63) is 47.5 Å². The van der Waals surface area contributed by atoms with E-state index in [2.05, 4.69) is 5.32 Å². The van der Waals surface area contributed by atoms with Crippen LogP contribution in [0.5, 0.6) is 17.2 Å². The predicted molar refractivity (Wildman–Crippen MR) is 105 cm³/mol. The van der Waals surface area contributed by atoms with Crippen LogP contribution in [0.1, 0.15) is 17.5 Å². The molecule has 0 fully saturated rings. The normalized spacial score (nSPS) is 9.86. The molecule has 0 atom stereocenters. The number of anilines is 1. The van der Waals surface area contributed by atoms with Crippen LogP contribution in [0.25, 0.3) is 0 Å². The lowest BCUT2D eigenvalue weighted by Gasteiger charge is -2.14. The minimum atomic E-state index is -0.506. The third-order valence-electron chi connectivity index (χ3n) is 4.00. The van der Waals surface area contributed by atoms with Gasteiger partial charge in [0.15, 0.2) is 18.1 Å². The first-order valence-corrected chi connectivity index (χ1v) is 8.75. The van der Waals surface area contributed by atoms with E-state index in [0.717, 1.165) is 5.56 Å². The fourth-order valence-electron chi connectivity index (χ4n) is 2.57. The number of hydrogen-bond acceptors (Lipinski definition) is 7. The second-order valence-electron chi connectivity index (χ2n) is 5.93. The summed E-state index contributed by atoms with van der Waals surface area (Å²) in [7, 11) is 4.55. The van der Waals surface area contributed by atoms with Crippen LogP contribution in [-0.4, -0.2) is 39.8 Å². The van der Waals surface area contributed by atoms with Gasteiger partial charge in [0, 0.05) is 12.1 Å². The molecule has 2 rings (SSSR count). The molecule has 0 saturated heterocycles. The van der Waals surface area contributed by atoms with E-state index >= 15 is 0 Å². The molecule has 2 aromatic rings. The van der Waals surface area contributed by atoms with Crippen LogP contribution in [0, 0.1) is 11.3 Å². The lowest BCUT2D eigenvalue weighted by molar-refractivity contribution is -0.147. The van der Waals surface area contributed by atoms with Crippen LogP contribution < -0.4 is 19.5 Å². The molecule has 0 heterocycles. The molecule has 8 nitrogen and oxygen atoms in total. The van der Waals surface area contributed by atoms with Crippen LogP contribution in [0.15, 0.2) is 36.4 Å².